The smallest absolute Gasteiger partial charge is 0.157 e. The van der Waals surface area contributed by atoms with Crippen molar-refractivity contribution >= 4 is 23.1 Å². The number of hydrogen-bond acceptors (Lipinski definition) is 5. The molecular weight excluding hydrogens is 312 g/mol. The molecule has 0 spiro atoms. The van der Waals surface area contributed by atoms with E-state index in [4.69, 9.17) is 16.3 Å². The number of amidine groups is 1. The summed E-state index contributed by atoms with van der Waals surface area (Å²) in [5, 5.41) is 8.94. The molecule has 0 amide bonds. The topological polar surface area (TPSA) is 49.2 Å². The van der Waals surface area contributed by atoms with Gasteiger partial charge in [0.2, 0.25) is 0 Å². The summed E-state index contributed by atoms with van der Waals surface area (Å²) in [7, 11) is 1.57. The molecule has 0 fully saturated rings. The molecule has 2 rings (SSSR count). The van der Waals surface area contributed by atoms with Crippen molar-refractivity contribution in [1.82, 2.24) is 10.4 Å². The number of nitrogens with one attached hydrogen (secondary N) is 1. The van der Waals surface area contributed by atoms with E-state index in [1.807, 2.05) is 30.5 Å². The van der Waals surface area contributed by atoms with Crippen molar-refractivity contribution in [2.24, 2.45) is 10.2 Å². The summed E-state index contributed by atoms with van der Waals surface area (Å²) in [5.41, 5.74) is 4.19. The highest BCUT2D eigenvalue weighted by Crippen LogP contribution is 2.25. The molecule has 1 heterocycles. The average Bonchev–Trinajstić information content (AvgIpc) is 2.58. The van der Waals surface area contributed by atoms with Crippen molar-refractivity contribution in [2.45, 2.75) is 0 Å². The van der Waals surface area contributed by atoms with E-state index in [0.717, 1.165) is 5.56 Å². The van der Waals surface area contributed by atoms with E-state index in [9.17, 15) is 0 Å². The molecule has 1 aliphatic heterocycles. The van der Waals surface area contributed by atoms with Gasteiger partial charge in [0.05, 0.1) is 17.8 Å². The Bertz CT molecular complexity index is 719. The van der Waals surface area contributed by atoms with E-state index < -0.39 is 0 Å². The maximum absolute atomic E-state index is 6.17. The Kier molecular flexibility index (Phi) is 5.77. The van der Waals surface area contributed by atoms with Crippen LogP contribution in [0.3, 0.4) is 0 Å². The van der Waals surface area contributed by atoms with Gasteiger partial charge in [0.1, 0.15) is 5.75 Å². The quantitative estimate of drug-likeness (QED) is 0.917. The summed E-state index contributed by atoms with van der Waals surface area (Å²) < 4.78 is 5.16. The number of hydrazone groups is 2. The van der Waals surface area contributed by atoms with E-state index in [1.165, 1.54) is 0 Å². The number of allylic oxidation sites excluding steroid dienone is 3. The van der Waals surface area contributed by atoms with Crippen LogP contribution in [0.4, 0.5) is 0 Å². The van der Waals surface area contributed by atoms with Crippen LogP contribution in [0.2, 0.25) is 5.02 Å². The van der Waals surface area contributed by atoms with Gasteiger partial charge in [0.25, 0.3) is 0 Å². The van der Waals surface area contributed by atoms with Crippen LogP contribution in [0.1, 0.15) is 5.56 Å². The first kappa shape index (κ1) is 16.6. The Labute approximate surface area is 140 Å². The summed E-state index contributed by atoms with van der Waals surface area (Å²) in [6.07, 6.45) is 10.6. The molecule has 1 aliphatic rings. The fourth-order valence-electron chi connectivity index (χ4n) is 1.88. The molecule has 1 aromatic carbocycles. The van der Waals surface area contributed by atoms with Crippen LogP contribution in [0.5, 0.6) is 5.75 Å². The minimum absolute atomic E-state index is 0.516. The molecule has 1 N–H and O–H groups in total. The number of rotatable bonds is 4. The Morgan fingerprint density at radius 3 is 2.74 bits per heavy atom. The minimum Gasteiger partial charge on any atom is -0.495 e. The maximum Gasteiger partial charge on any atom is 0.157 e. The second-order valence-corrected chi connectivity index (χ2v) is 4.82. The normalized spacial score (nSPS) is 21.7. The van der Waals surface area contributed by atoms with Crippen molar-refractivity contribution in [1.29, 1.82) is 0 Å². The Hall–Kier alpha value is -2.79. The third kappa shape index (κ3) is 4.11. The van der Waals surface area contributed by atoms with E-state index in [-0.39, 0.29) is 0 Å². The Balaban J connectivity index is 2.36. The van der Waals surface area contributed by atoms with Crippen molar-refractivity contribution in [2.75, 3.05) is 7.11 Å². The summed E-state index contributed by atoms with van der Waals surface area (Å²) >= 11 is 6.17. The molecule has 118 valence electrons. The largest absolute Gasteiger partial charge is 0.495 e. The molecule has 0 saturated carbocycles. The lowest BCUT2D eigenvalue weighted by molar-refractivity contribution is 0.415. The molecule has 23 heavy (non-hydrogen) atoms. The third-order valence-corrected chi connectivity index (χ3v) is 3.33. The number of halogens is 1. The maximum atomic E-state index is 6.17. The molecule has 0 aliphatic carbocycles. The molecule has 0 unspecified atom stereocenters. The molecule has 1 aromatic rings. The van der Waals surface area contributed by atoms with E-state index in [2.05, 4.69) is 28.9 Å². The molecule has 6 heteroatoms. The predicted octanol–water partition coefficient (Wildman–Crippen LogP) is 3.67. The first-order chi connectivity index (χ1) is 11.2. The van der Waals surface area contributed by atoms with E-state index in [0.29, 0.717) is 22.3 Å². The highest BCUT2D eigenvalue weighted by Gasteiger charge is 2.06. The molecular formula is C17H17ClN4O. The summed E-state index contributed by atoms with van der Waals surface area (Å²) in [6.45, 7) is 7.45. The van der Waals surface area contributed by atoms with E-state index >= 15 is 0 Å². The summed E-state index contributed by atoms with van der Waals surface area (Å²) in [4.78, 5) is 1.72. The van der Waals surface area contributed by atoms with Gasteiger partial charge in [0, 0.05) is 18.0 Å². The molecule has 5 nitrogen and oxygen atoms in total. The highest BCUT2D eigenvalue weighted by molar-refractivity contribution is 6.32. The lowest BCUT2D eigenvalue weighted by atomic mass is 10.1. The Morgan fingerprint density at radius 1 is 1.26 bits per heavy atom. The zero-order chi connectivity index (χ0) is 16.7. The molecule has 0 saturated heterocycles. The second kappa shape index (κ2) is 8.00. The second-order valence-electron chi connectivity index (χ2n) is 4.41. The van der Waals surface area contributed by atoms with Crippen LogP contribution in [0, 0.1) is 0 Å². The van der Waals surface area contributed by atoms with Gasteiger partial charge >= 0.3 is 0 Å². The average molecular weight is 329 g/mol. The van der Waals surface area contributed by atoms with Crippen LogP contribution in [-0.2, 0) is 0 Å². The van der Waals surface area contributed by atoms with Crippen molar-refractivity contribution < 1.29 is 4.74 Å². The predicted molar refractivity (Wildman–Crippen MR) is 95.6 cm³/mol. The number of ether oxygens (including phenoxy) is 1. The minimum atomic E-state index is 0.516. The van der Waals surface area contributed by atoms with Crippen LogP contribution >= 0.6 is 11.6 Å². The van der Waals surface area contributed by atoms with Crippen LogP contribution < -0.4 is 10.3 Å². The fraction of sp³-hybridized carbons (Fsp3) is 0.0588. The Morgan fingerprint density at radius 2 is 2.09 bits per heavy atom. The van der Waals surface area contributed by atoms with Gasteiger partial charge in [-0.05, 0) is 36.4 Å². The third-order valence-electron chi connectivity index (χ3n) is 3.04. The molecule has 0 aromatic heterocycles. The van der Waals surface area contributed by atoms with Gasteiger partial charge < -0.3 is 9.64 Å². The molecule has 0 radical (unpaired) electrons. The lowest BCUT2D eigenvalue weighted by Crippen LogP contribution is -2.20. The highest BCUT2D eigenvalue weighted by atomic mass is 35.5. The van der Waals surface area contributed by atoms with Crippen LogP contribution in [-0.4, -0.2) is 23.6 Å². The van der Waals surface area contributed by atoms with Gasteiger partial charge in [0.15, 0.2) is 5.84 Å². The van der Waals surface area contributed by atoms with Crippen molar-refractivity contribution in [3.63, 3.8) is 0 Å². The van der Waals surface area contributed by atoms with Crippen LogP contribution in [0.25, 0.3) is 0 Å². The number of methoxy groups -OCH3 is 1. The van der Waals surface area contributed by atoms with Crippen LogP contribution in [0.15, 0.2) is 78.3 Å². The SMILES string of the molecule is C=C/C1=N/N\N=C(c2ccc(OC)c(Cl)c2)/C=C/C=C\N1C=C. The van der Waals surface area contributed by atoms with Gasteiger partial charge in [-0.1, -0.05) is 30.8 Å². The lowest BCUT2D eigenvalue weighted by Gasteiger charge is -2.14. The fourth-order valence-corrected chi connectivity index (χ4v) is 2.14. The standard InChI is InChI=1S/C17H17ClN4O/c1-4-17-20-21-19-15(8-6-7-11-22(17)5-2)13-9-10-16(23-3)14(18)12-13/h4-12,21H,1-2H2,3H3/b8-6+,11-7-,19-15+,20-17-. The number of hydrogen-bond donors (Lipinski definition) is 1. The summed E-state index contributed by atoms with van der Waals surface area (Å²) in [6, 6.07) is 5.45. The van der Waals surface area contributed by atoms with Gasteiger partial charge in [-0.25, -0.2) is 0 Å². The molecule has 0 atom stereocenters. The van der Waals surface area contributed by atoms with Crippen molar-refractivity contribution in [3.05, 3.63) is 78.6 Å². The zero-order valence-electron chi connectivity index (χ0n) is 12.7. The van der Waals surface area contributed by atoms with Gasteiger partial charge in [-0.3, -0.25) is 0 Å². The number of nitrogens with zero attached hydrogens (tertiary/aromatic N) is 3. The van der Waals surface area contributed by atoms with E-state index in [1.54, 1.807) is 36.4 Å². The van der Waals surface area contributed by atoms with Crippen molar-refractivity contribution in [3.8, 4) is 5.75 Å². The first-order valence-electron chi connectivity index (χ1n) is 6.82. The van der Waals surface area contributed by atoms with Gasteiger partial charge in [-0.2, -0.15) is 10.6 Å². The molecule has 0 bridgehead atoms. The summed E-state index contributed by atoms with van der Waals surface area (Å²) in [5.74, 6) is 1.18. The zero-order valence-corrected chi connectivity index (χ0v) is 13.5. The number of benzene rings is 1. The monoisotopic (exact) mass is 328 g/mol. The van der Waals surface area contributed by atoms with Gasteiger partial charge in [-0.15, -0.1) is 5.10 Å². The first-order valence-corrected chi connectivity index (χ1v) is 7.20.